The first-order valence-corrected chi connectivity index (χ1v) is 8.95. The quantitative estimate of drug-likeness (QED) is 0.668. The molecular weight excluding hydrogens is 335 g/mol. The fourth-order valence-corrected chi connectivity index (χ4v) is 5.79. The van der Waals surface area contributed by atoms with Crippen molar-refractivity contribution >= 4 is 34.9 Å². The van der Waals surface area contributed by atoms with E-state index in [1.54, 1.807) is 0 Å². The van der Waals surface area contributed by atoms with E-state index in [4.69, 9.17) is 23.2 Å². The van der Waals surface area contributed by atoms with E-state index in [0.29, 0.717) is 5.69 Å². The normalized spacial score (nSPS) is 34.4. The summed E-state index contributed by atoms with van der Waals surface area (Å²) in [7, 11) is 0. The van der Waals surface area contributed by atoms with Gasteiger partial charge < -0.3 is 15.7 Å². The van der Waals surface area contributed by atoms with Gasteiger partial charge in [-0.15, -0.1) is 0 Å². The van der Waals surface area contributed by atoms with Crippen LogP contribution < -0.4 is 10.6 Å². The van der Waals surface area contributed by atoms with Gasteiger partial charge in [0.25, 0.3) is 0 Å². The van der Waals surface area contributed by atoms with Crippen LogP contribution in [0.4, 0.5) is 10.5 Å². The van der Waals surface area contributed by atoms with Gasteiger partial charge in [0, 0.05) is 11.2 Å². The van der Waals surface area contributed by atoms with Crippen molar-refractivity contribution in [2.75, 3.05) is 5.32 Å². The zero-order valence-corrected chi connectivity index (χ0v) is 14.3. The van der Waals surface area contributed by atoms with Gasteiger partial charge in [-0.1, -0.05) is 23.2 Å². The Labute approximate surface area is 145 Å². The topological polar surface area (TPSA) is 61.4 Å². The maximum absolute atomic E-state index is 12.4. The highest BCUT2D eigenvalue weighted by atomic mass is 35.5. The molecule has 2 amide bonds. The maximum Gasteiger partial charge on any atom is 0.319 e. The molecule has 0 aromatic heterocycles. The van der Waals surface area contributed by atoms with Crippen LogP contribution in [0.25, 0.3) is 0 Å². The van der Waals surface area contributed by atoms with Crippen LogP contribution in [0, 0.1) is 17.8 Å². The predicted octanol–water partition coefficient (Wildman–Crippen LogP) is 4.79. The highest BCUT2D eigenvalue weighted by molar-refractivity contribution is 6.37. The van der Waals surface area contributed by atoms with Crippen LogP contribution in [-0.4, -0.2) is 16.7 Å². The molecule has 4 saturated carbocycles. The molecular formula is C17H20Cl2N2O2. The fourth-order valence-electron chi connectivity index (χ4n) is 5.30. The van der Waals surface area contributed by atoms with Gasteiger partial charge in [0.2, 0.25) is 0 Å². The molecule has 0 heterocycles. The monoisotopic (exact) mass is 354 g/mol. The van der Waals surface area contributed by atoms with E-state index in [2.05, 4.69) is 10.6 Å². The Morgan fingerprint density at radius 1 is 1.04 bits per heavy atom. The largest absolute Gasteiger partial charge is 0.505 e. The predicted molar refractivity (Wildman–Crippen MR) is 91.2 cm³/mol. The third-order valence-corrected chi connectivity index (χ3v) is 6.27. The van der Waals surface area contributed by atoms with Crippen LogP contribution in [0.1, 0.15) is 38.5 Å². The van der Waals surface area contributed by atoms with Gasteiger partial charge in [-0.3, -0.25) is 0 Å². The minimum atomic E-state index is -0.218. The molecule has 23 heavy (non-hydrogen) atoms. The van der Waals surface area contributed by atoms with E-state index in [1.165, 1.54) is 31.4 Å². The number of rotatable bonds is 2. The van der Waals surface area contributed by atoms with Crippen molar-refractivity contribution in [2.24, 2.45) is 17.8 Å². The lowest BCUT2D eigenvalue weighted by atomic mass is 9.53. The number of phenols is 1. The van der Waals surface area contributed by atoms with Crippen LogP contribution >= 0.6 is 23.2 Å². The lowest BCUT2D eigenvalue weighted by molar-refractivity contribution is -0.0127. The summed E-state index contributed by atoms with van der Waals surface area (Å²) in [4.78, 5) is 12.4. The van der Waals surface area contributed by atoms with Crippen molar-refractivity contribution in [3.63, 3.8) is 0 Å². The van der Waals surface area contributed by atoms with Gasteiger partial charge in [-0.25, -0.2) is 4.79 Å². The highest BCUT2D eigenvalue weighted by Crippen LogP contribution is 2.55. The van der Waals surface area contributed by atoms with E-state index in [9.17, 15) is 9.90 Å². The number of nitrogens with one attached hydrogen (secondary N) is 2. The lowest BCUT2D eigenvalue weighted by Crippen LogP contribution is -2.60. The number of urea groups is 1. The van der Waals surface area contributed by atoms with E-state index in [-0.39, 0.29) is 27.4 Å². The number of hydrogen-bond acceptors (Lipinski definition) is 2. The average molecular weight is 355 g/mol. The molecule has 4 nitrogen and oxygen atoms in total. The number of aromatic hydroxyl groups is 1. The second-order valence-corrected chi connectivity index (χ2v) is 8.38. The average Bonchev–Trinajstić information content (AvgIpc) is 2.42. The third kappa shape index (κ3) is 2.87. The molecule has 5 rings (SSSR count). The van der Waals surface area contributed by atoms with Crippen molar-refractivity contribution in [3.05, 3.63) is 22.2 Å². The Kier molecular flexibility index (Phi) is 3.65. The van der Waals surface area contributed by atoms with Crippen LogP contribution in [0.5, 0.6) is 5.75 Å². The van der Waals surface area contributed by atoms with E-state index < -0.39 is 0 Å². The van der Waals surface area contributed by atoms with Gasteiger partial charge in [0.1, 0.15) is 0 Å². The number of carbonyl (C=O) groups excluding carboxylic acids is 1. The van der Waals surface area contributed by atoms with Crippen molar-refractivity contribution < 1.29 is 9.90 Å². The Balaban J connectivity index is 1.46. The molecule has 0 atom stereocenters. The molecule has 0 saturated heterocycles. The molecule has 124 valence electrons. The molecule has 4 aliphatic carbocycles. The van der Waals surface area contributed by atoms with E-state index in [1.807, 2.05) is 0 Å². The number of anilines is 1. The summed E-state index contributed by atoms with van der Waals surface area (Å²) in [5.41, 5.74) is 0.448. The summed E-state index contributed by atoms with van der Waals surface area (Å²) in [6.07, 6.45) is 7.32. The fraction of sp³-hybridized carbons (Fsp3) is 0.588. The van der Waals surface area contributed by atoms with Crippen LogP contribution in [0.2, 0.25) is 10.0 Å². The number of phenolic OH excluding ortho intramolecular Hbond substituents is 1. The van der Waals surface area contributed by atoms with Gasteiger partial charge in [-0.05, 0) is 68.4 Å². The summed E-state index contributed by atoms with van der Waals surface area (Å²) in [5, 5.41) is 15.9. The smallest absolute Gasteiger partial charge is 0.319 e. The van der Waals surface area contributed by atoms with Crippen LogP contribution in [-0.2, 0) is 0 Å². The van der Waals surface area contributed by atoms with E-state index >= 15 is 0 Å². The molecule has 0 aliphatic heterocycles. The Hall–Kier alpha value is -1.13. The van der Waals surface area contributed by atoms with Crippen molar-refractivity contribution in [3.8, 4) is 5.75 Å². The number of benzene rings is 1. The van der Waals surface area contributed by atoms with Crippen molar-refractivity contribution in [2.45, 2.75) is 44.1 Å². The van der Waals surface area contributed by atoms with E-state index in [0.717, 1.165) is 37.0 Å². The summed E-state index contributed by atoms with van der Waals surface area (Å²) >= 11 is 11.8. The first kappa shape index (κ1) is 15.4. The minimum Gasteiger partial charge on any atom is -0.505 e. The molecule has 1 aromatic carbocycles. The molecule has 0 unspecified atom stereocenters. The van der Waals surface area contributed by atoms with Gasteiger partial charge in [0.15, 0.2) is 5.75 Å². The number of amides is 2. The maximum atomic E-state index is 12.4. The molecule has 3 N–H and O–H groups in total. The SMILES string of the molecule is O=C(Nc1cc(Cl)c(O)c(Cl)c1)NC12CC3CC(CC(C3)C1)C2. The van der Waals surface area contributed by atoms with Crippen LogP contribution in [0.3, 0.4) is 0 Å². The van der Waals surface area contributed by atoms with Crippen LogP contribution in [0.15, 0.2) is 12.1 Å². The zero-order chi connectivity index (χ0) is 16.2. The summed E-state index contributed by atoms with van der Waals surface area (Å²) in [6.45, 7) is 0. The first-order valence-electron chi connectivity index (χ1n) is 8.20. The standard InChI is InChI=1S/C17H20Cl2N2O2/c18-13-4-12(5-14(19)15(13)22)20-16(23)21-17-6-9-1-10(7-17)3-11(2-9)8-17/h4-5,9-11,22H,1-3,6-8H2,(H2,20,21,23). The zero-order valence-electron chi connectivity index (χ0n) is 12.7. The molecule has 6 heteroatoms. The Morgan fingerprint density at radius 3 is 2.00 bits per heavy atom. The molecule has 1 aromatic rings. The second-order valence-electron chi connectivity index (χ2n) is 7.57. The third-order valence-electron chi connectivity index (χ3n) is 5.69. The summed E-state index contributed by atoms with van der Waals surface area (Å²) in [6, 6.07) is 2.79. The van der Waals surface area contributed by atoms with Gasteiger partial charge >= 0.3 is 6.03 Å². The molecule has 4 bridgehead atoms. The lowest BCUT2D eigenvalue weighted by Gasteiger charge is -2.56. The second kappa shape index (κ2) is 5.45. The highest BCUT2D eigenvalue weighted by Gasteiger charge is 2.51. The molecule has 4 fully saturated rings. The van der Waals surface area contributed by atoms with Crippen molar-refractivity contribution in [1.29, 1.82) is 0 Å². The van der Waals surface area contributed by atoms with Gasteiger partial charge in [-0.2, -0.15) is 0 Å². The van der Waals surface area contributed by atoms with Crippen molar-refractivity contribution in [1.82, 2.24) is 5.32 Å². The number of halogens is 2. The molecule has 0 radical (unpaired) electrons. The Bertz CT molecular complexity index is 604. The van der Waals surface area contributed by atoms with Gasteiger partial charge in [0.05, 0.1) is 10.0 Å². The summed E-state index contributed by atoms with van der Waals surface area (Å²) in [5.74, 6) is 2.16. The number of hydrogen-bond donors (Lipinski definition) is 3. The molecule has 4 aliphatic rings. The number of carbonyl (C=O) groups is 1. The minimum absolute atomic E-state index is 0.0384. The summed E-state index contributed by atoms with van der Waals surface area (Å²) < 4.78 is 0. The molecule has 0 spiro atoms. The Morgan fingerprint density at radius 2 is 1.52 bits per heavy atom. The first-order chi connectivity index (χ1) is 10.9.